The minimum absolute atomic E-state index is 0.0473. The van der Waals surface area contributed by atoms with Crippen LogP contribution in [0.5, 0.6) is 0 Å². The molecule has 1 saturated heterocycles. The average Bonchev–Trinajstić information content (AvgIpc) is 3.30. The minimum atomic E-state index is -0.0473. The van der Waals surface area contributed by atoms with E-state index in [0.29, 0.717) is 14.2 Å². The highest BCUT2D eigenvalue weighted by Crippen LogP contribution is 2.36. The molecule has 30 heavy (non-hydrogen) atoms. The summed E-state index contributed by atoms with van der Waals surface area (Å²) in [6.45, 7) is 4.07. The van der Waals surface area contributed by atoms with Crippen LogP contribution < -0.4 is 0 Å². The second kappa shape index (κ2) is 8.76. The monoisotopic (exact) mass is 453 g/mol. The Bertz CT molecular complexity index is 1120. The fraction of sp³-hybridized carbons (Fsp3) is 0.174. The highest BCUT2D eigenvalue weighted by Gasteiger charge is 2.35. The molecular formula is C23H20ClN3OS2. The number of aromatic nitrogens is 2. The minimum Gasteiger partial charge on any atom is -0.290 e. The number of hydrogen-bond acceptors (Lipinski definition) is 4. The number of nitrogens with zero attached hydrogens (tertiary/aromatic N) is 3. The molecule has 1 unspecified atom stereocenters. The molecule has 1 atom stereocenters. The van der Waals surface area contributed by atoms with Crippen molar-refractivity contribution < 1.29 is 4.79 Å². The molecule has 1 aliphatic rings. The Kier molecular flexibility index (Phi) is 6.09. The van der Waals surface area contributed by atoms with E-state index in [0.717, 1.165) is 28.9 Å². The summed E-state index contributed by atoms with van der Waals surface area (Å²) in [6.07, 6.45) is 4.68. The summed E-state index contributed by atoms with van der Waals surface area (Å²) in [5.41, 5.74) is 3.51. The lowest BCUT2D eigenvalue weighted by Crippen LogP contribution is -2.36. The Morgan fingerprint density at radius 2 is 1.87 bits per heavy atom. The van der Waals surface area contributed by atoms with Gasteiger partial charge in [-0.05, 0) is 43.7 Å². The zero-order valence-corrected chi connectivity index (χ0v) is 19.0. The molecule has 4 rings (SSSR count). The van der Waals surface area contributed by atoms with Crippen molar-refractivity contribution >= 4 is 51.9 Å². The topological polar surface area (TPSA) is 38.1 Å². The maximum absolute atomic E-state index is 13.0. The lowest BCUT2D eigenvalue weighted by atomic mass is 10.1. The molecule has 0 aliphatic carbocycles. The largest absolute Gasteiger partial charge is 0.290 e. The SMILES string of the molecule is CCC(C)N1C(=O)C(=Cc2cn(-c3ccccc3)nc2-c2ccc(Cl)cc2)SC1=S. The Balaban J connectivity index is 1.79. The van der Waals surface area contributed by atoms with Crippen LogP contribution >= 0.6 is 35.6 Å². The van der Waals surface area contributed by atoms with E-state index in [1.807, 2.05) is 78.5 Å². The number of benzene rings is 2. The van der Waals surface area contributed by atoms with Crippen molar-refractivity contribution in [2.75, 3.05) is 0 Å². The molecule has 0 spiro atoms. The van der Waals surface area contributed by atoms with E-state index in [-0.39, 0.29) is 11.9 Å². The first kappa shape index (κ1) is 20.8. The van der Waals surface area contributed by atoms with Crippen molar-refractivity contribution in [3.63, 3.8) is 0 Å². The molecular weight excluding hydrogens is 434 g/mol. The van der Waals surface area contributed by atoms with Gasteiger partial charge in [-0.25, -0.2) is 4.68 Å². The third-order valence-corrected chi connectivity index (χ3v) is 6.61. The van der Waals surface area contributed by atoms with Crippen molar-refractivity contribution in [1.29, 1.82) is 0 Å². The van der Waals surface area contributed by atoms with Crippen LogP contribution in [0.3, 0.4) is 0 Å². The highest BCUT2D eigenvalue weighted by molar-refractivity contribution is 8.26. The molecule has 152 valence electrons. The highest BCUT2D eigenvalue weighted by atomic mass is 35.5. The summed E-state index contributed by atoms with van der Waals surface area (Å²) >= 11 is 12.9. The summed E-state index contributed by atoms with van der Waals surface area (Å²) < 4.78 is 2.43. The van der Waals surface area contributed by atoms with Crippen molar-refractivity contribution in [3.8, 4) is 16.9 Å². The van der Waals surface area contributed by atoms with Crippen LogP contribution in [0.4, 0.5) is 0 Å². The van der Waals surface area contributed by atoms with Crippen LogP contribution in [-0.2, 0) is 4.79 Å². The summed E-state index contributed by atoms with van der Waals surface area (Å²) in [5.74, 6) is -0.0473. The zero-order chi connectivity index (χ0) is 21.3. The van der Waals surface area contributed by atoms with E-state index in [4.69, 9.17) is 28.9 Å². The number of carbonyl (C=O) groups excluding carboxylic acids is 1. The quantitative estimate of drug-likeness (QED) is 0.341. The molecule has 1 aliphatic heterocycles. The number of thiocarbonyl (C=S) groups is 1. The molecule has 0 N–H and O–H groups in total. The molecule has 1 aromatic heterocycles. The molecule has 1 amide bonds. The van der Waals surface area contributed by atoms with Gasteiger partial charge in [0.2, 0.25) is 0 Å². The molecule has 4 nitrogen and oxygen atoms in total. The van der Waals surface area contributed by atoms with Crippen LogP contribution in [0.25, 0.3) is 23.0 Å². The number of para-hydroxylation sites is 1. The standard InChI is InChI=1S/C23H20ClN3OS2/c1-3-15(2)27-22(28)20(30-23(27)29)13-17-14-26(19-7-5-4-6-8-19)25-21(17)16-9-11-18(24)12-10-16/h4-15H,3H2,1-2H3. The van der Waals surface area contributed by atoms with Gasteiger partial charge in [-0.15, -0.1) is 0 Å². The van der Waals surface area contributed by atoms with Crippen molar-refractivity contribution in [1.82, 2.24) is 14.7 Å². The van der Waals surface area contributed by atoms with Gasteiger partial charge in [0.25, 0.3) is 5.91 Å². The molecule has 0 bridgehead atoms. The second-order valence-electron chi connectivity index (χ2n) is 7.03. The number of carbonyl (C=O) groups is 1. The van der Waals surface area contributed by atoms with Gasteiger partial charge in [0.15, 0.2) is 0 Å². The van der Waals surface area contributed by atoms with E-state index in [9.17, 15) is 4.79 Å². The van der Waals surface area contributed by atoms with Gasteiger partial charge in [-0.2, -0.15) is 5.10 Å². The normalized spacial score (nSPS) is 16.5. The van der Waals surface area contributed by atoms with E-state index < -0.39 is 0 Å². The first-order valence-corrected chi connectivity index (χ1v) is 11.3. The van der Waals surface area contributed by atoms with E-state index in [1.165, 1.54) is 11.8 Å². The van der Waals surface area contributed by atoms with Crippen LogP contribution in [0.1, 0.15) is 25.8 Å². The van der Waals surface area contributed by atoms with Gasteiger partial charge in [-0.1, -0.05) is 72.8 Å². The molecule has 0 radical (unpaired) electrons. The van der Waals surface area contributed by atoms with Gasteiger partial charge in [0.05, 0.1) is 16.3 Å². The van der Waals surface area contributed by atoms with Gasteiger partial charge >= 0.3 is 0 Å². The zero-order valence-electron chi connectivity index (χ0n) is 16.6. The summed E-state index contributed by atoms with van der Waals surface area (Å²) in [4.78, 5) is 15.3. The summed E-state index contributed by atoms with van der Waals surface area (Å²) in [7, 11) is 0. The van der Waals surface area contributed by atoms with Crippen molar-refractivity contribution in [2.45, 2.75) is 26.3 Å². The molecule has 2 heterocycles. The van der Waals surface area contributed by atoms with Gasteiger partial charge < -0.3 is 0 Å². The van der Waals surface area contributed by atoms with Crippen molar-refractivity contribution in [2.24, 2.45) is 0 Å². The number of amides is 1. The maximum Gasteiger partial charge on any atom is 0.266 e. The van der Waals surface area contributed by atoms with Crippen molar-refractivity contribution in [3.05, 3.63) is 76.3 Å². The Morgan fingerprint density at radius 3 is 2.53 bits per heavy atom. The van der Waals surface area contributed by atoms with Gasteiger partial charge in [0, 0.05) is 28.4 Å². The van der Waals surface area contributed by atoms with Crippen LogP contribution in [0.15, 0.2) is 65.7 Å². The second-order valence-corrected chi connectivity index (χ2v) is 9.14. The summed E-state index contributed by atoms with van der Waals surface area (Å²) in [6, 6.07) is 17.5. The van der Waals surface area contributed by atoms with E-state index in [1.54, 1.807) is 4.90 Å². The van der Waals surface area contributed by atoms with Gasteiger partial charge in [0.1, 0.15) is 4.32 Å². The number of hydrogen-bond donors (Lipinski definition) is 0. The third-order valence-electron chi connectivity index (χ3n) is 5.02. The fourth-order valence-electron chi connectivity index (χ4n) is 3.22. The molecule has 7 heteroatoms. The van der Waals surface area contributed by atoms with Gasteiger partial charge in [-0.3, -0.25) is 9.69 Å². The first-order valence-electron chi connectivity index (χ1n) is 9.66. The predicted octanol–water partition coefficient (Wildman–Crippen LogP) is 6.19. The number of thioether (sulfide) groups is 1. The fourth-order valence-corrected chi connectivity index (χ4v) is 4.80. The first-order chi connectivity index (χ1) is 14.5. The lowest BCUT2D eigenvalue weighted by Gasteiger charge is -2.21. The van der Waals surface area contributed by atoms with Crippen LogP contribution in [0.2, 0.25) is 5.02 Å². The molecule has 0 saturated carbocycles. The molecule has 1 fully saturated rings. The maximum atomic E-state index is 13.0. The third kappa shape index (κ3) is 4.08. The van der Waals surface area contributed by atoms with Crippen LogP contribution in [-0.4, -0.2) is 30.9 Å². The molecule has 3 aromatic rings. The Labute approximate surface area is 190 Å². The average molecular weight is 454 g/mol. The summed E-state index contributed by atoms with van der Waals surface area (Å²) in [5, 5.41) is 5.46. The number of halogens is 1. The van der Waals surface area contributed by atoms with E-state index in [2.05, 4.69) is 6.92 Å². The predicted molar refractivity (Wildman–Crippen MR) is 129 cm³/mol. The Morgan fingerprint density at radius 1 is 1.17 bits per heavy atom. The van der Waals surface area contributed by atoms with Crippen LogP contribution in [0, 0.1) is 0 Å². The smallest absolute Gasteiger partial charge is 0.266 e. The number of rotatable bonds is 5. The van der Waals surface area contributed by atoms with E-state index >= 15 is 0 Å². The Hall–Kier alpha value is -2.41. The lowest BCUT2D eigenvalue weighted by molar-refractivity contribution is -0.123. The molecule has 2 aromatic carbocycles.